The van der Waals surface area contributed by atoms with Crippen LogP contribution in [-0.4, -0.2) is 52.6 Å². The second-order valence-electron chi connectivity index (χ2n) is 9.04. The second-order valence-corrected chi connectivity index (χ2v) is 9.04. The highest BCUT2D eigenvalue weighted by Crippen LogP contribution is 2.38. The Morgan fingerprint density at radius 3 is 2.17 bits per heavy atom. The molecule has 0 radical (unpaired) electrons. The molecule has 132 valence electrons. The van der Waals surface area contributed by atoms with E-state index >= 15 is 0 Å². The highest BCUT2D eigenvalue weighted by Gasteiger charge is 2.49. The Morgan fingerprint density at radius 1 is 0.957 bits per heavy atom. The van der Waals surface area contributed by atoms with E-state index in [1.165, 1.54) is 0 Å². The van der Waals surface area contributed by atoms with E-state index in [1.54, 1.807) is 0 Å². The van der Waals surface area contributed by atoms with Gasteiger partial charge in [-0.2, -0.15) is 0 Å². The number of ether oxygens (including phenoxy) is 1. The molecule has 5 heteroatoms. The Morgan fingerprint density at radius 2 is 1.61 bits per heavy atom. The first-order valence-electron chi connectivity index (χ1n) is 8.75. The van der Waals surface area contributed by atoms with Gasteiger partial charge in [0.1, 0.15) is 5.60 Å². The molecule has 2 fully saturated rings. The second kappa shape index (κ2) is 5.99. The first-order valence-corrected chi connectivity index (χ1v) is 8.75. The summed E-state index contributed by atoms with van der Waals surface area (Å²) in [6.45, 7) is 13.6. The van der Waals surface area contributed by atoms with Crippen LogP contribution >= 0.6 is 0 Å². The molecule has 2 saturated heterocycles. The lowest BCUT2D eigenvalue weighted by atomic mass is 9.86. The summed E-state index contributed by atoms with van der Waals surface area (Å²) >= 11 is 0. The van der Waals surface area contributed by atoms with Crippen LogP contribution in [0.4, 0.5) is 4.79 Å². The van der Waals surface area contributed by atoms with Gasteiger partial charge < -0.3 is 14.5 Å². The number of rotatable bonds is 0. The van der Waals surface area contributed by atoms with Gasteiger partial charge in [-0.25, -0.2) is 4.79 Å². The normalized spacial score (nSPS) is 25.8. The molecule has 0 N–H and O–H groups in total. The first-order chi connectivity index (χ1) is 10.4. The fourth-order valence-electron chi connectivity index (χ4n) is 3.63. The van der Waals surface area contributed by atoms with Crippen molar-refractivity contribution in [3.8, 4) is 0 Å². The lowest BCUT2D eigenvalue weighted by molar-refractivity contribution is -0.139. The Labute approximate surface area is 140 Å². The van der Waals surface area contributed by atoms with Crippen LogP contribution in [-0.2, 0) is 9.53 Å². The van der Waals surface area contributed by atoms with Crippen molar-refractivity contribution in [2.24, 2.45) is 5.41 Å². The lowest BCUT2D eigenvalue weighted by Gasteiger charge is -2.45. The fourth-order valence-corrected chi connectivity index (χ4v) is 3.63. The number of carbonyl (C=O) groups is 2. The predicted octanol–water partition coefficient (Wildman–Crippen LogP) is 3.42. The summed E-state index contributed by atoms with van der Waals surface area (Å²) in [6.07, 6.45) is 3.70. The summed E-state index contributed by atoms with van der Waals surface area (Å²) < 4.78 is 5.61. The molecule has 2 aliphatic heterocycles. The van der Waals surface area contributed by atoms with Crippen LogP contribution in [0.5, 0.6) is 0 Å². The van der Waals surface area contributed by atoms with Gasteiger partial charge in [-0.3, -0.25) is 4.79 Å². The standard InChI is InChI=1S/C18H32N2O3/c1-16(2,3)14(21)19-12-10-18(13-19)9-7-8-11-20(18)15(22)23-17(4,5)6/h7-13H2,1-6H3. The van der Waals surface area contributed by atoms with Crippen molar-refractivity contribution in [1.29, 1.82) is 0 Å². The van der Waals surface area contributed by atoms with Gasteiger partial charge in [-0.1, -0.05) is 20.8 Å². The van der Waals surface area contributed by atoms with E-state index < -0.39 is 5.60 Å². The van der Waals surface area contributed by atoms with E-state index in [1.807, 2.05) is 51.3 Å². The van der Waals surface area contributed by atoms with Gasteiger partial charge in [0.2, 0.25) is 5.91 Å². The third kappa shape index (κ3) is 3.99. The minimum Gasteiger partial charge on any atom is -0.444 e. The monoisotopic (exact) mass is 324 g/mol. The quantitative estimate of drug-likeness (QED) is 0.686. The SMILES string of the molecule is CC(C)(C)OC(=O)N1CCCCC12CCN(C(=O)C(C)(C)C)C2. The van der Waals surface area contributed by atoms with Gasteiger partial charge in [0.15, 0.2) is 0 Å². The number of amides is 2. The smallest absolute Gasteiger partial charge is 0.410 e. The van der Waals surface area contributed by atoms with Crippen molar-refractivity contribution >= 4 is 12.0 Å². The number of hydrogen-bond donors (Lipinski definition) is 0. The van der Waals surface area contributed by atoms with Crippen molar-refractivity contribution < 1.29 is 14.3 Å². The third-order valence-corrected chi connectivity index (χ3v) is 4.72. The Hall–Kier alpha value is -1.26. The predicted molar refractivity (Wildman–Crippen MR) is 90.2 cm³/mol. The first kappa shape index (κ1) is 18.1. The van der Waals surface area contributed by atoms with E-state index in [0.29, 0.717) is 6.54 Å². The minimum atomic E-state index is -0.491. The molecule has 5 nitrogen and oxygen atoms in total. The summed E-state index contributed by atoms with van der Waals surface area (Å²) in [5.41, 5.74) is -1.10. The van der Waals surface area contributed by atoms with E-state index in [-0.39, 0.29) is 23.0 Å². The molecular formula is C18H32N2O3. The summed E-state index contributed by atoms with van der Waals surface area (Å²) in [4.78, 5) is 29.1. The van der Waals surface area contributed by atoms with Crippen molar-refractivity contribution in [1.82, 2.24) is 9.80 Å². The molecule has 23 heavy (non-hydrogen) atoms. The summed E-state index contributed by atoms with van der Waals surface area (Å²) in [5, 5.41) is 0. The Balaban J connectivity index is 2.15. The Bertz CT molecular complexity index is 476. The zero-order valence-corrected chi connectivity index (χ0v) is 15.6. The number of hydrogen-bond acceptors (Lipinski definition) is 3. The maximum Gasteiger partial charge on any atom is 0.410 e. The van der Waals surface area contributed by atoms with Gasteiger partial charge in [0.25, 0.3) is 0 Å². The molecule has 0 aromatic carbocycles. The number of piperidine rings is 1. The summed E-state index contributed by atoms with van der Waals surface area (Å²) in [5.74, 6) is 0.170. The molecule has 0 aliphatic carbocycles. The topological polar surface area (TPSA) is 49.9 Å². The van der Waals surface area contributed by atoms with Gasteiger partial charge in [-0.15, -0.1) is 0 Å². The van der Waals surface area contributed by atoms with E-state index in [2.05, 4.69) is 0 Å². The zero-order chi connectivity index (χ0) is 17.5. The number of likely N-dealkylation sites (tertiary alicyclic amines) is 2. The average molecular weight is 324 g/mol. The van der Waals surface area contributed by atoms with Crippen LogP contribution in [0.3, 0.4) is 0 Å². The molecule has 0 saturated carbocycles. The number of nitrogens with zero attached hydrogens (tertiary/aromatic N) is 2. The highest BCUT2D eigenvalue weighted by molar-refractivity contribution is 5.82. The van der Waals surface area contributed by atoms with E-state index in [9.17, 15) is 9.59 Å². The van der Waals surface area contributed by atoms with Gasteiger partial charge in [0.05, 0.1) is 5.54 Å². The molecule has 0 bridgehead atoms. The average Bonchev–Trinajstić information content (AvgIpc) is 2.79. The van der Waals surface area contributed by atoms with Crippen LogP contribution in [0.1, 0.15) is 67.2 Å². The minimum absolute atomic E-state index is 0.170. The molecule has 1 unspecified atom stereocenters. The molecule has 0 aromatic rings. The molecule has 1 spiro atoms. The van der Waals surface area contributed by atoms with Gasteiger partial charge in [-0.05, 0) is 46.5 Å². The van der Waals surface area contributed by atoms with Crippen molar-refractivity contribution in [3.05, 3.63) is 0 Å². The molecule has 1 atom stereocenters. The van der Waals surface area contributed by atoms with E-state index in [4.69, 9.17) is 4.74 Å². The maximum absolute atomic E-state index is 12.6. The molecule has 2 heterocycles. The van der Waals surface area contributed by atoms with Crippen LogP contribution in [0.2, 0.25) is 0 Å². The molecule has 2 aliphatic rings. The third-order valence-electron chi connectivity index (χ3n) is 4.72. The van der Waals surface area contributed by atoms with E-state index in [0.717, 1.165) is 38.8 Å². The molecule has 2 rings (SSSR count). The van der Waals surface area contributed by atoms with Crippen molar-refractivity contribution in [3.63, 3.8) is 0 Å². The summed E-state index contributed by atoms with van der Waals surface area (Å²) in [7, 11) is 0. The zero-order valence-electron chi connectivity index (χ0n) is 15.6. The van der Waals surface area contributed by atoms with Gasteiger partial charge >= 0.3 is 6.09 Å². The fraction of sp³-hybridized carbons (Fsp3) is 0.889. The largest absolute Gasteiger partial charge is 0.444 e. The highest BCUT2D eigenvalue weighted by atomic mass is 16.6. The van der Waals surface area contributed by atoms with Crippen LogP contribution < -0.4 is 0 Å². The van der Waals surface area contributed by atoms with Crippen LogP contribution in [0.15, 0.2) is 0 Å². The Kier molecular flexibility index (Phi) is 4.71. The van der Waals surface area contributed by atoms with Crippen molar-refractivity contribution in [2.45, 2.75) is 78.4 Å². The van der Waals surface area contributed by atoms with Crippen molar-refractivity contribution in [2.75, 3.05) is 19.6 Å². The van der Waals surface area contributed by atoms with Gasteiger partial charge in [0, 0.05) is 25.0 Å². The van der Waals surface area contributed by atoms with Crippen LogP contribution in [0.25, 0.3) is 0 Å². The summed E-state index contributed by atoms with van der Waals surface area (Å²) in [6, 6.07) is 0. The molecular weight excluding hydrogens is 292 g/mol. The maximum atomic E-state index is 12.6. The number of carbonyl (C=O) groups excluding carboxylic acids is 2. The van der Waals surface area contributed by atoms with Crippen LogP contribution in [0, 0.1) is 5.41 Å². The molecule has 0 aromatic heterocycles. The molecule has 2 amide bonds. The lowest BCUT2D eigenvalue weighted by Crippen LogP contribution is -2.57.